The van der Waals surface area contributed by atoms with E-state index in [1.807, 2.05) is 6.08 Å². The van der Waals surface area contributed by atoms with E-state index >= 15 is 0 Å². The lowest BCUT2D eigenvalue weighted by atomic mass is 9.88. The third-order valence-electron chi connectivity index (χ3n) is 7.53. The Morgan fingerprint density at radius 3 is 2.86 bits per heavy atom. The molecule has 4 amide bonds. The Labute approximate surface area is 200 Å². The molecule has 35 heavy (non-hydrogen) atoms. The monoisotopic (exact) mass is 476 g/mol. The van der Waals surface area contributed by atoms with Gasteiger partial charge in [-0.3, -0.25) is 24.5 Å². The van der Waals surface area contributed by atoms with Crippen molar-refractivity contribution in [2.45, 2.75) is 43.9 Å². The van der Waals surface area contributed by atoms with Crippen molar-refractivity contribution in [3.8, 4) is 5.69 Å². The fraction of sp³-hybridized carbons (Fsp3) is 0.417. The molecule has 0 spiro atoms. The van der Waals surface area contributed by atoms with E-state index in [9.17, 15) is 24.3 Å². The Hall–Kier alpha value is -3.86. The van der Waals surface area contributed by atoms with Crippen molar-refractivity contribution in [1.82, 2.24) is 30.5 Å². The molecule has 6 rings (SSSR count). The zero-order valence-corrected chi connectivity index (χ0v) is 18.8. The Morgan fingerprint density at radius 1 is 1.26 bits per heavy atom. The van der Waals surface area contributed by atoms with Crippen LogP contribution in [-0.2, 0) is 16.1 Å². The molecule has 1 aromatic carbocycles. The van der Waals surface area contributed by atoms with Crippen LogP contribution >= 0.6 is 0 Å². The first-order valence-electron chi connectivity index (χ1n) is 11.7. The molecule has 1 unspecified atom stereocenters. The molecule has 1 saturated carbocycles. The Kier molecular flexibility index (Phi) is 4.85. The Morgan fingerprint density at radius 2 is 2.11 bits per heavy atom. The van der Waals surface area contributed by atoms with Gasteiger partial charge in [0.1, 0.15) is 6.04 Å². The molecule has 11 nitrogen and oxygen atoms in total. The second-order valence-electron chi connectivity index (χ2n) is 9.77. The molecule has 2 bridgehead atoms. The van der Waals surface area contributed by atoms with Crippen molar-refractivity contribution in [1.29, 1.82) is 0 Å². The number of rotatable bonds is 5. The van der Waals surface area contributed by atoms with Gasteiger partial charge in [-0.25, -0.2) is 4.68 Å². The Balaban J connectivity index is 1.14. The normalized spacial score (nSPS) is 29.0. The van der Waals surface area contributed by atoms with Crippen LogP contribution < -0.4 is 10.6 Å². The summed E-state index contributed by atoms with van der Waals surface area (Å²) in [4.78, 5) is 50.6. The second-order valence-corrected chi connectivity index (χ2v) is 9.77. The number of nitrogens with one attached hydrogen (secondary N) is 2. The maximum absolute atomic E-state index is 12.9. The van der Waals surface area contributed by atoms with E-state index in [0.29, 0.717) is 30.0 Å². The first-order valence-corrected chi connectivity index (χ1v) is 11.7. The highest BCUT2D eigenvalue weighted by Crippen LogP contribution is 2.45. The third kappa shape index (κ3) is 3.63. The fourth-order valence-corrected chi connectivity index (χ4v) is 5.65. The van der Waals surface area contributed by atoms with Gasteiger partial charge in [0.2, 0.25) is 11.8 Å². The number of fused-ring (bicyclic) bond motifs is 3. The Bertz CT molecular complexity index is 1300. The molecular formula is C24H24N6O5. The minimum absolute atomic E-state index is 0.0670. The molecule has 4 atom stereocenters. The number of hydrogen-bond acceptors (Lipinski definition) is 7. The van der Waals surface area contributed by atoms with Gasteiger partial charge in [-0.1, -0.05) is 17.4 Å². The number of piperidine rings is 1. The van der Waals surface area contributed by atoms with E-state index in [1.165, 1.54) is 15.8 Å². The minimum Gasteiger partial charge on any atom is -0.387 e. The number of hydrogen-bond donors (Lipinski definition) is 3. The summed E-state index contributed by atoms with van der Waals surface area (Å²) in [5, 5.41) is 23.9. The number of aromatic nitrogens is 3. The largest absolute Gasteiger partial charge is 0.387 e. The molecular weight excluding hydrogens is 452 g/mol. The molecule has 0 radical (unpaired) electrons. The lowest BCUT2D eigenvalue weighted by Gasteiger charge is -2.29. The van der Waals surface area contributed by atoms with Crippen molar-refractivity contribution in [2.24, 2.45) is 11.8 Å². The highest BCUT2D eigenvalue weighted by molar-refractivity contribution is 6.05. The summed E-state index contributed by atoms with van der Waals surface area (Å²) in [6.45, 7) is 0.396. The van der Waals surface area contributed by atoms with Crippen molar-refractivity contribution < 1.29 is 24.3 Å². The van der Waals surface area contributed by atoms with Gasteiger partial charge < -0.3 is 15.3 Å². The summed E-state index contributed by atoms with van der Waals surface area (Å²) in [6.07, 6.45) is 7.70. The van der Waals surface area contributed by atoms with Crippen LogP contribution in [0.4, 0.5) is 0 Å². The van der Waals surface area contributed by atoms with Crippen LogP contribution in [0.2, 0.25) is 0 Å². The summed E-state index contributed by atoms with van der Waals surface area (Å²) >= 11 is 0. The van der Waals surface area contributed by atoms with E-state index in [2.05, 4.69) is 27.0 Å². The molecule has 1 saturated heterocycles. The number of amides is 4. The summed E-state index contributed by atoms with van der Waals surface area (Å²) in [5.74, 6) is -1.02. The summed E-state index contributed by atoms with van der Waals surface area (Å²) in [6, 6.07) is 4.46. The number of nitrogens with zero attached hydrogens (tertiary/aromatic N) is 4. The third-order valence-corrected chi connectivity index (χ3v) is 7.53. The molecule has 1 aromatic heterocycles. The molecule has 180 valence electrons. The molecule has 2 aliphatic carbocycles. The van der Waals surface area contributed by atoms with E-state index in [1.54, 1.807) is 18.2 Å². The van der Waals surface area contributed by atoms with Crippen LogP contribution in [0.3, 0.4) is 0 Å². The number of aliphatic hydroxyl groups is 1. The number of carbonyl (C=O) groups is 4. The van der Waals surface area contributed by atoms with Crippen LogP contribution in [0.25, 0.3) is 5.69 Å². The lowest BCUT2D eigenvalue weighted by Crippen LogP contribution is -2.52. The van der Waals surface area contributed by atoms with Gasteiger partial charge >= 0.3 is 0 Å². The van der Waals surface area contributed by atoms with Gasteiger partial charge in [-0.05, 0) is 48.9 Å². The van der Waals surface area contributed by atoms with Crippen LogP contribution in [-0.4, -0.2) is 66.8 Å². The zero-order valence-electron chi connectivity index (χ0n) is 18.8. The average Bonchev–Trinajstić information content (AvgIpc) is 3.61. The molecule has 3 heterocycles. The van der Waals surface area contributed by atoms with E-state index < -0.39 is 23.5 Å². The van der Waals surface area contributed by atoms with Crippen LogP contribution in [0.1, 0.15) is 52.1 Å². The SMILES string of the molecule is O=C1CCC(N2Cc3cc(-n4cc(C(=O)NC[C@]5(O)C[C@@H]6C=C[C@H]5C6)nn4)ccc3C2=O)C(=O)N1. The number of allylic oxidation sites excluding steroid dienone is 1. The lowest BCUT2D eigenvalue weighted by molar-refractivity contribution is -0.136. The summed E-state index contributed by atoms with van der Waals surface area (Å²) in [7, 11) is 0. The quantitative estimate of drug-likeness (QED) is 0.409. The summed E-state index contributed by atoms with van der Waals surface area (Å²) in [5.41, 5.74) is 1.03. The predicted molar refractivity (Wildman–Crippen MR) is 120 cm³/mol. The van der Waals surface area contributed by atoms with Crippen molar-refractivity contribution in [2.75, 3.05) is 6.54 Å². The molecule has 2 fully saturated rings. The number of benzene rings is 1. The van der Waals surface area contributed by atoms with Gasteiger partial charge in [0.15, 0.2) is 5.69 Å². The number of carbonyl (C=O) groups excluding carboxylic acids is 4. The van der Waals surface area contributed by atoms with Crippen LogP contribution in [0.15, 0.2) is 36.5 Å². The van der Waals surface area contributed by atoms with Crippen molar-refractivity contribution >= 4 is 23.6 Å². The second kappa shape index (κ2) is 7.84. The molecule has 2 aromatic rings. The maximum Gasteiger partial charge on any atom is 0.273 e. The highest BCUT2D eigenvalue weighted by atomic mass is 16.3. The molecule has 2 aliphatic heterocycles. The van der Waals surface area contributed by atoms with E-state index in [0.717, 1.165) is 12.0 Å². The first kappa shape index (κ1) is 21.7. The highest BCUT2D eigenvalue weighted by Gasteiger charge is 2.47. The standard InChI is InChI=1S/C24H24N6O5/c31-20-6-5-19(22(33)26-20)29-10-14-8-16(3-4-17(14)23(29)34)30-11-18(27-28-30)21(32)25-12-24(35)9-13-1-2-15(24)7-13/h1-4,8,11,13,15,19,35H,5-7,9-10,12H2,(H,25,32)(H,26,31,33)/t13-,15+,19?,24-/m1/s1. The van der Waals surface area contributed by atoms with Gasteiger partial charge in [0.05, 0.1) is 17.5 Å². The summed E-state index contributed by atoms with van der Waals surface area (Å²) < 4.78 is 1.45. The molecule has 3 N–H and O–H groups in total. The van der Waals surface area contributed by atoms with Gasteiger partial charge in [0, 0.05) is 31.0 Å². The number of imide groups is 1. The van der Waals surface area contributed by atoms with Gasteiger partial charge in [0.25, 0.3) is 11.8 Å². The zero-order chi connectivity index (χ0) is 24.3. The van der Waals surface area contributed by atoms with Gasteiger partial charge in [-0.15, -0.1) is 5.10 Å². The smallest absolute Gasteiger partial charge is 0.273 e. The van der Waals surface area contributed by atoms with Crippen molar-refractivity contribution in [3.63, 3.8) is 0 Å². The average molecular weight is 476 g/mol. The topological polar surface area (TPSA) is 147 Å². The fourth-order valence-electron chi connectivity index (χ4n) is 5.65. The minimum atomic E-state index is -0.925. The molecule has 11 heteroatoms. The van der Waals surface area contributed by atoms with E-state index in [4.69, 9.17) is 0 Å². The first-order chi connectivity index (χ1) is 16.8. The van der Waals surface area contributed by atoms with Crippen LogP contribution in [0.5, 0.6) is 0 Å². The van der Waals surface area contributed by atoms with Gasteiger partial charge in [-0.2, -0.15) is 0 Å². The predicted octanol–water partition coefficient (Wildman–Crippen LogP) is 0.0852. The maximum atomic E-state index is 12.9. The van der Waals surface area contributed by atoms with Crippen LogP contribution in [0, 0.1) is 11.8 Å². The van der Waals surface area contributed by atoms with Crippen molar-refractivity contribution in [3.05, 3.63) is 53.4 Å². The van der Waals surface area contributed by atoms with E-state index in [-0.39, 0.29) is 42.9 Å². The molecule has 4 aliphatic rings.